The smallest absolute Gasteiger partial charge is 0.266 e. The zero-order chi connectivity index (χ0) is 23.6. The molecule has 0 atom stereocenters. The first kappa shape index (κ1) is 23.6. The number of para-hydroxylation sites is 1. The van der Waals surface area contributed by atoms with E-state index in [1.54, 1.807) is 24.3 Å². The van der Waals surface area contributed by atoms with Crippen LogP contribution in [-0.4, -0.2) is 12.5 Å². The molecule has 5 nitrogen and oxygen atoms in total. The molecule has 0 bridgehead atoms. The maximum atomic E-state index is 12.7. The second kappa shape index (κ2) is 11.5. The molecule has 0 saturated carbocycles. The van der Waals surface area contributed by atoms with E-state index in [-0.39, 0.29) is 5.57 Å². The molecule has 0 radical (unpaired) electrons. The second-order valence-corrected chi connectivity index (χ2v) is 7.55. The Morgan fingerprint density at radius 3 is 2.55 bits per heavy atom. The third kappa shape index (κ3) is 6.47. The molecule has 3 rings (SSSR count). The number of benzene rings is 3. The molecule has 1 amide bonds. The quantitative estimate of drug-likeness (QED) is 0.323. The van der Waals surface area contributed by atoms with Gasteiger partial charge in [-0.3, -0.25) is 4.79 Å². The van der Waals surface area contributed by atoms with Crippen molar-refractivity contribution in [2.75, 3.05) is 11.9 Å². The molecule has 0 saturated heterocycles. The number of nitrogens with one attached hydrogen (secondary N) is 1. The molecule has 5 heteroatoms. The number of rotatable bonds is 9. The second-order valence-electron chi connectivity index (χ2n) is 7.55. The van der Waals surface area contributed by atoms with E-state index in [1.165, 1.54) is 5.56 Å². The minimum Gasteiger partial charge on any atom is -0.490 e. The van der Waals surface area contributed by atoms with Crippen LogP contribution in [-0.2, 0) is 17.8 Å². The number of ether oxygens (including phenoxy) is 2. The van der Waals surface area contributed by atoms with Gasteiger partial charge in [0.2, 0.25) is 0 Å². The highest BCUT2D eigenvalue weighted by molar-refractivity contribution is 6.10. The zero-order valence-corrected chi connectivity index (χ0v) is 19.2. The number of hydrogen-bond acceptors (Lipinski definition) is 4. The van der Waals surface area contributed by atoms with Gasteiger partial charge >= 0.3 is 0 Å². The molecule has 0 heterocycles. The van der Waals surface area contributed by atoms with Crippen LogP contribution in [0.15, 0.2) is 72.3 Å². The van der Waals surface area contributed by atoms with E-state index >= 15 is 0 Å². The highest BCUT2D eigenvalue weighted by Gasteiger charge is 2.13. The molecule has 3 aromatic carbocycles. The average molecular weight is 441 g/mol. The number of carbonyl (C=O) groups excluding carboxylic acids is 1. The Labute approximate surface area is 195 Å². The number of amides is 1. The van der Waals surface area contributed by atoms with E-state index in [0.717, 1.165) is 17.5 Å². The lowest BCUT2D eigenvalue weighted by Crippen LogP contribution is -2.14. The topological polar surface area (TPSA) is 71.3 Å². The predicted octanol–water partition coefficient (Wildman–Crippen LogP) is 6.08. The highest BCUT2D eigenvalue weighted by atomic mass is 16.5. The van der Waals surface area contributed by atoms with Crippen molar-refractivity contribution in [3.05, 3.63) is 94.6 Å². The molecule has 3 aromatic rings. The standard InChI is InChI=1S/C28H28N2O3/c1-4-23-11-6-7-12-25(23)30-28(31)24(18-29)16-21-13-14-26(27(17-21)32-5-2)33-19-22-10-8-9-20(3)15-22/h6-17H,4-5,19H2,1-3H3,(H,30,31)/b24-16+. The van der Waals surface area contributed by atoms with Crippen molar-refractivity contribution in [2.45, 2.75) is 33.8 Å². The monoisotopic (exact) mass is 440 g/mol. The van der Waals surface area contributed by atoms with Crippen LogP contribution >= 0.6 is 0 Å². The summed E-state index contributed by atoms with van der Waals surface area (Å²) in [6.45, 7) is 6.84. The Morgan fingerprint density at radius 1 is 1.00 bits per heavy atom. The largest absolute Gasteiger partial charge is 0.490 e. The summed E-state index contributed by atoms with van der Waals surface area (Å²) in [5.41, 5.74) is 4.65. The van der Waals surface area contributed by atoms with E-state index in [9.17, 15) is 10.1 Å². The fraction of sp³-hybridized carbons (Fsp3) is 0.214. The summed E-state index contributed by atoms with van der Waals surface area (Å²) in [6, 6.07) is 23.1. The maximum absolute atomic E-state index is 12.7. The van der Waals surface area contributed by atoms with Crippen molar-refractivity contribution in [3.63, 3.8) is 0 Å². The van der Waals surface area contributed by atoms with Crippen molar-refractivity contribution in [1.82, 2.24) is 0 Å². The lowest BCUT2D eigenvalue weighted by atomic mass is 10.1. The fourth-order valence-corrected chi connectivity index (χ4v) is 3.42. The van der Waals surface area contributed by atoms with Crippen molar-refractivity contribution >= 4 is 17.7 Å². The fourth-order valence-electron chi connectivity index (χ4n) is 3.42. The van der Waals surface area contributed by atoms with Gasteiger partial charge in [-0.25, -0.2) is 0 Å². The van der Waals surface area contributed by atoms with Crippen LogP contribution in [0.25, 0.3) is 6.08 Å². The minimum absolute atomic E-state index is 0.0109. The highest BCUT2D eigenvalue weighted by Crippen LogP contribution is 2.30. The van der Waals surface area contributed by atoms with Gasteiger partial charge < -0.3 is 14.8 Å². The maximum Gasteiger partial charge on any atom is 0.266 e. The number of hydrogen-bond donors (Lipinski definition) is 1. The lowest BCUT2D eigenvalue weighted by molar-refractivity contribution is -0.112. The molecular formula is C28H28N2O3. The van der Waals surface area contributed by atoms with E-state index < -0.39 is 5.91 Å². The summed E-state index contributed by atoms with van der Waals surface area (Å²) in [5.74, 6) is 0.722. The van der Waals surface area contributed by atoms with Gasteiger partial charge in [-0.2, -0.15) is 5.26 Å². The summed E-state index contributed by atoms with van der Waals surface area (Å²) in [4.78, 5) is 12.7. The van der Waals surface area contributed by atoms with E-state index in [0.29, 0.717) is 36.0 Å². The van der Waals surface area contributed by atoms with Crippen LogP contribution < -0.4 is 14.8 Å². The Balaban J connectivity index is 1.79. The molecule has 168 valence electrons. The SMILES string of the molecule is CCOc1cc(/C=C(\C#N)C(=O)Nc2ccccc2CC)ccc1OCc1cccc(C)c1. The molecule has 0 fully saturated rings. The van der Waals surface area contributed by atoms with Gasteiger partial charge in [0.05, 0.1) is 6.61 Å². The molecule has 0 aromatic heterocycles. The molecule has 0 spiro atoms. The molecule has 0 aliphatic carbocycles. The van der Waals surface area contributed by atoms with E-state index in [4.69, 9.17) is 9.47 Å². The Morgan fingerprint density at radius 2 is 1.82 bits per heavy atom. The summed E-state index contributed by atoms with van der Waals surface area (Å²) >= 11 is 0. The number of nitrogens with zero attached hydrogens (tertiary/aromatic N) is 1. The van der Waals surface area contributed by atoms with Gasteiger partial charge in [-0.05, 0) is 61.2 Å². The first-order valence-electron chi connectivity index (χ1n) is 11.0. The number of anilines is 1. The summed E-state index contributed by atoms with van der Waals surface area (Å²) in [7, 11) is 0. The Bertz CT molecular complexity index is 1190. The van der Waals surface area contributed by atoms with Crippen LogP contribution in [0.1, 0.15) is 36.1 Å². The van der Waals surface area contributed by atoms with Gasteiger partial charge in [0.15, 0.2) is 11.5 Å². The average Bonchev–Trinajstić information content (AvgIpc) is 2.82. The summed E-state index contributed by atoms with van der Waals surface area (Å²) in [5, 5.41) is 12.4. The van der Waals surface area contributed by atoms with Gasteiger partial charge in [0.25, 0.3) is 5.91 Å². The van der Waals surface area contributed by atoms with E-state index in [2.05, 4.69) is 11.4 Å². The molecule has 33 heavy (non-hydrogen) atoms. The van der Waals surface area contributed by atoms with Crippen molar-refractivity contribution in [2.24, 2.45) is 0 Å². The van der Waals surface area contributed by atoms with E-state index in [1.807, 2.05) is 69.3 Å². The molecule has 0 unspecified atom stereocenters. The van der Waals surface area contributed by atoms with Crippen LogP contribution in [0.3, 0.4) is 0 Å². The predicted molar refractivity (Wildman–Crippen MR) is 131 cm³/mol. The van der Waals surface area contributed by atoms with Gasteiger partial charge in [-0.1, -0.05) is 61.0 Å². The van der Waals surface area contributed by atoms with Crippen molar-refractivity contribution in [3.8, 4) is 17.6 Å². The van der Waals surface area contributed by atoms with Crippen LogP contribution in [0, 0.1) is 18.3 Å². The number of nitriles is 1. The van der Waals surface area contributed by atoms with Gasteiger partial charge in [0.1, 0.15) is 18.2 Å². The molecule has 0 aliphatic heterocycles. The Hall–Kier alpha value is -4.04. The number of carbonyl (C=O) groups is 1. The minimum atomic E-state index is -0.448. The van der Waals surface area contributed by atoms with Crippen LogP contribution in [0.5, 0.6) is 11.5 Å². The summed E-state index contributed by atoms with van der Waals surface area (Å²) < 4.78 is 11.7. The lowest BCUT2D eigenvalue weighted by Gasteiger charge is -2.13. The summed E-state index contributed by atoms with van der Waals surface area (Å²) in [6.07, 6.45) is 2.33. The van der Waals surface area contributed by atoms with Gasteiger partial charge in [0, 0.05) is 5.69 Å². The van der Waals surface area contributed by atoms with Crippen molar-refractivity contribution in [1.29, 1.82) is 5.26 Å². The normalized spacial score (nSPS) is 10.9. The third-order valence-electron chi connectivity index (χ3n) is 5.07. The number of aryl methyl sites for hydroxylation is 2. The first-order chi connectivity index (χ1) is 16.0. The third-order valence-corrected chi connectivity index (χ3v) is 5.07. The molecule has 0 aliphatic rings. The van der Waals surface area contributed by atoms with Crippen molar-refractivity contribution < 1.29 is 14.3 Å². The van der Waals surface area contributed by atoms with Crippen LogP contribution in [0.4, 0.5) is 5.69 Å². The molecular weight excluding hydrogens is 412 g/mol. The molecule has 1 N–H and O–H groups in total. The van der Waals surface area contributed by atoms with Gasteiger partial charge in [-0.15, -0.1) is 0 Å². The first-order valence-corrected chi connectivity index (χ1v) is 11.0. The van der Waals surface area contributed by atoms with Crippen LogP contribution in [0.2, 0.25) is 0 Å². The zero-order valence-electron chi connectivity index (χ0n) is 19.2. The Kier molecular flexibility index (Phi) is 8.26.